The Labute approximate surface area is 144 Å². The highest BCUT2D eigenvalue weighted by Crippen LogP contribution is 2.22. The first-order valence-corrected chi connectivity index (χ1v) is 9.34. The predicted octanol–water partition coefficient (Wildman–Crippen LogP) is 0.838. The zero-order valence-electron chi connectivity index (χ0n) is 13.1. The Kier molecular flexibility index (Phi) is 4.56. The van der Waals surface area contributed by atoms with Crippen molar-refractivity contribution in [3.63, 3.8) is 0 Å². The van der Waals surface area contributed by atoms with Crippen molar-refractivity contribution in [3.05, 3.63) is 29.1 Å². The van der Waals surface area contributed by atoms with Crippen LogP contribution in [0.5, 0.6) is 0 Å². The van der Waals surface area contributed by atoms with Crippen LogP contribution in [0.1, 0.15) is 29.8 Å². The van der Waals surface area contributed by atoms with Crippen LogP contribution < -0.4 is 5.43 Å². The molecular weight excluding hydrogens is 352 g/mol. The molecule has 0 unspecified atom stereocenters. The van der Waals surface area contributed by atoms with Gasteiger partial charge in [-0.15, -0.1) is 0 Å². The summed E-state index contributed by atoms with van der Waals surface area (Å²) in [6, 6.07) is 1.38. The fourth-order valence-electron chi connectivity index (χ4n) is 2.65. The molecule has 2 aromatic heterocycles. The third-order valence-electron chi connectivity index (χ3n) is 3.94. The molecule has 11 heteroatoms. The number of amides is 1. The van der Waals surface area contributed by atoms with Gasteiger partial charge in [0.15, 0.2) is 0 Å². The number of aromatic nitrogens is 4. The molecule has 3 rings (SSSR count). The molecule has 1 amide bonds. The number of carbonyl (C=O) groups excluding carboxylic acids is 1. The Hall–Kier alpha value is -1.98. The molecule has 0 aliphatic carbocycles. The molecule has 0 saturated carbocycles. The number of aromatic amines is 1. The zero-order valence-corrected chi connectivity index (χ0v) is 14.7. The number of carbonyl (C=O) groups is 1. The van der Waals surface area contributed by atoms with E-state index in [1.165, 1.54) is 32.1 Å². The number of piperidine rings is 1. The summed E-state index contributed by atoms with van der Waals surface area (Å²) in [5.41, 5.74) is 2.76. The number of H-pyrrole nitrogens is 1. The van der Waals surface area contributed by atoms with Crippen molar-refractivity contribution in [1.29, 1.82) is 0 Å². The third kappa shape index (κ3) is 3.14. The Balaban J connectivity index is 1.85. The van der Waals surface area contributed by atoms with Gasteiger partial charge in [0.05, 0.1) is 0 Å². The van der Waals surface area contributed by atoms with Crippen LogP contribution in [-0.4, -0.2) is 51.2 Å². The molecule has 0 aromatic carbocycles. The Morgan fingerprint density at radius 3 is 2.67 bits per heavy atom. The second kappa shape index (κ2) is 6.49. The number of nitrogens with one attached hydrogen (secondary N) is 2. The van der Waals surface area contributed by atoms with Gasteiger partial charge in [-0.25, -0.2) is 13.1 Å². The topological polar surface area (TPSA) is 105 Å². The molecule has 2 aromatic rings. The SMILES string of the molecule is Cn1cc(S(=O)(=O)N2CCCCC2)cc1C(=O)Nn1cn[nH]c1=S. The van der Waals surface area contributed by atoms with E-state index >= 15 is 0 Å². The maximum Gasteiger partial charge on any atom is 0.286 e. The highest BCUT2D eigenvalue weighted by atomic mass is 32.2. The van der Waals surface area contributed by atoms with Gasteiger partial charge < -0.3 is 4.57 Å². The molecule has 24 heavy (non-hydrogen) atoms. The number of nitrogens with zero attached hydrogens (tertiary/aromatic N) is 4. The minimum absolute atomic E-state index is 0.118. The first-order valence-electron chi connectivity index (χ1n) is 7.49. The molecular formula is C13H18N6O3S2. The van der Waals surface area contributed by atoms with E-state index in [2.05, 4.69) is 15.6 Å². The second-order valence-electron chi connectivity index (χ2n) is 5.61. The van der Waals surface area contributed by atoms with Crippen LogP contribution in [0, 0.1) is 4.77 Å². The van der Waals surface area contributed by atoms with Crippen LogP contribution in [0.2, 0.25) is 0 Å². The molecule has 3 heterocycles. The number of hydrogen-bond donors (Lipinski definition) is 2. The van der Waals surface area contributed by atoms with Gasteiger partial charge in [-0.3, -0.25) is 15.3 Å². The zero-order chi connectivity index (χ0) is 17.3. The summed E-state index contributed by atoms with van der Waals surface area (Å²) in [5.74, 6) is -0.477. The summed E-state index contributed by atoms with van der Waals surface area (Å²) in [5, 5.41) is 6.22. The van der Waals surface area contributed by atoms with Gasteiger partial charge in [0.25, 0.3) is 5.91 Å². The molecule has 1 aliphatic rings. The van der Waals surface area contributed by atoms with E-state index in [4.69, 9.17) is 12.2 Å². The molecule has 9 nitrogen and oxygen atoms in total. The van der Waals surface area contributed by atoms with Gasteiger partial charge in [0.1, 0.15) is 16.9 Å². The highest BCUT2D eigenvalue weighted by Gasteiger charge is 2.28. The van der Waals surface area contributed by atoms with Gasteiger partial charge in [-0.2, -0.15) is 9.40 Å². The lowest BCUT2D eigenvalue weighted by atomic mass is 10.2. The van der Waals surface area contributed by atoms with Crippen molar-refractivity contribution >= 4 is 28.1 Å². The van der Waals surface area contributed by atoms with Crippen molar-refractivity contribution in [3.8, 4) is 0 Å². The molecule has 0 radical (unpaired) electrons. The number of sulfonamides is 1. The monoisotopic (exact) mass is 370 g/mol. The summed E-state index contributed by atoms with van der Waals surface area (Å²) < 4.78 is 29.8. The normalized spacial score (nSPS) is 16.2. The van der Waals surface area contributed by atoms with Crippen molar-refractivity contribution in [1.82, 2.24) is 23.7 Å². The van der Waals surface area contributed by atoms with Crippen LogP contribution in [0.25, 0.3) is 0 Å². The maximum atomic E-state index is 12.7. The van der Waals surface area contributed by atoms with E-state index in [0.717, 1.165) is 19.3 Å². The lowest BCUT2D eigenvalue weighted by Crippen LogP contribution is -2.35. The molecule has 2 N–H and O–H groups in total. The van der Waals surface area contributed by atoms with Crippen LogP contribution >= 0.6 is 12.2 Å². The number of rotatable bonds is 4. The lowest BCUT2D eigenvalue weighted by Gasteiger charge is -2.25. The highest BCUT2D eigenvalue weighted by molar-refractivity contribution is 7.89. The van der Waals surface area contributed by atoms with E-state index in [-0.39, 0.29) is 15.4 Å². The Morgan fingerprint density at radius 1 is 1.33 bits per heavy atom. The summed E-state index contributed by atoms with van der Waals surface area (Å²) in [4.78, 5) is 12.5. The van der Waals surface area contributed by atoms with E-state index in [9.17, 15) is 13.2 Å². The summed E-state index contributed by atoms with van der Waals surface area (Å²) in [7, 11) is -1.96. The second-order valence-corrected chi connectivity index (χ2v) is 7.93. The van der Waals surface area contributed by atoms with E-state index < -0.39 is 15.9 Å². The maximum absolute atomic E-state index is 12.7. The van der Waals surface area contributed by atoms with Gasteiger partial charge in [0.2, 0.25) is 14.8 Å². The number of aryl methyl sites for hydroxylation is 1. The van der Waals surface area contributed by atoms with Gasteiger partial charge in [0, 0.05) is 26.3 Å². The summed E-state index contributed by atoms with van der Waals surface area (Å²) >= 11 is 4.96. The molecule has 0 spiro atoms. The quantitative estimate of drug-likeness (QED) is 0.776. The molecule has 1 aliphatic heterocycles. The fraction of sp³-hybridized carbons (Fsp3) is 0.462. The molecule has 0 atom stereocenters. The van der Waals surface area contributed by atoms with Gasteiger partial charge in [-0.1, -0.05) is 6.42 Å². The largest absolute Gasteiger partial charge is 0.345 e. The standard InChI is InChI=1S/C13H18N6O3S2/c1-17-8-10(24(21,22)18-5-3-2-4-6-18)7-11(17)12(20)16-19-9-14-15-13(19)23/h7-9H,2-6H2,1H3,(H,15,23)(H,16,20). The summed E-state index contributed by atoms with van der Waals surface area (Å²) in [6.07, 6.45) is 5.54. The average molecular weight is 370 g/mol. The molecule has 1 saturated heterocycles. The lowest BCUT2D eigenvalue weighted by molar-refractivity contribution is 0.0999. The summed E-state index contributed by atoms with van der Waals surface area (Å²) in [6.45, 7) is 1.03. The van der Waals surface area contributed by atoms with Crippen molar-refractivity contribution in [2.75, 3.05) is 18.5 Å². The van der Waals surface area contributed by atoms with E-state index in [0.29, 0.717) is 13.1 Å². The van der Waals surface area contributed by atoms with Crippen molar-refractivity contribution in [2.45, 2.75) is 24.2 Å². The van der Waals surface area contributed by atoms with Crippen LogP contribution in [0.15, 0.2) is 23.5 Å². The average Bonchev–Trinajstić information content (AvgIpc) is 3.15. The fourth-order valence-corrected chi connectivity index (χ4v) is 4.38. The van der Waals surface area contributed by atoms with Gasteiger partial charge >= 0.3 is 0 Å². The first kappa shape index (κ1) is 16.9. The van der Waals surface area contributed by atoms with Crippen LogP contribution in [-0.2, 0) is 17.1 Å². The van der Waals surface area contributed by atoms with Crippen molar-refractivity contribution < 1.29 is 13.2 Å². The van der Waals surface area contributed by atoms with Crippen molar-refractivity contribution in [2.24, 2.45) is 7.05 Å². The third-order valence-corrected chi connectivity index (χ3v) is 6.09. The minimum Gasteiger partial charge on any atom is -0.345 e. The smallest absolute Gasteiger partial charge is 0.286 e. The molecule has 0 bridgehead atoms. The first-order chi connectivity index (χ1) is 11.4. The Morgan fingerprint density at radius 2 is 2.04 bits per heavy atom. The predicted molar refractivity (Wildman–Crippen MR) is 89.1 cm³/mol. The van der Waals surface area contributed by atoms with E-state index in [1.54, 1.807) is 7.05 Å². The number of hydrogen-bond acceptors (Lipinski definition) is 5. The van der Waals surface area contributed by atoms with Crippen LogP contribution in [0.3, 0.4) is 0 Å². The van der Waals surface area contributed by atoms with E-state index in [1.807, 2.05) is 0 Å². The molecule has 1 fully saturated rings. The molecule has 130 valence electrons. The van der Waals surface area contributed by atoms with Gasteiger partial charge in [-0.05, 0) is 31.1 Å². The van der Waals surface area contributed by atoms with Crippen LogP contribution in [0.4, 0.5) is 0 Å². The minimum atomic E-state index is -3.58. The Bertz CT molecular complexity index is 904.